The summed E-state index contributed by atoms with van der Waals surface area (Å²) in [5.74, 6) is -4.99. The van der Waals surface area contributed by atoms with E-state index in [1.54, 1.807) is 36.5 Å². The van der Waals surface area contributed by atoms with Crippen LogP contribution in [-0.2, 0) is 41.6 Å². The zero-order chi connectivity index (χ0) is 35.8. The molecular weight excluding hydrogens is 636 g/mol. The normalized spacial score (nSPS) is 13.4. The van der Waals surface area contributed by atoms with Crippen LogP contribution in [-0.4, -0.2) is 101 Å². The maximum absolute atomic E-state index is 13.6. The van der Waals surface area contributed by atoms with Gasteiger partial charge >= 0.3 is 5.97 Å². The fourth-order valence-electron chi connectivity index (χ4n) is 5.07. The largest absolute Gasteiger partial charge is 0.480 e. The van der Waals surface area contributed by atoms with Crippen LogP contribution in [0.3, 0.4) is 0 Å². The molecule has 16 heteroatoms. The molecule has 0 fully saturated rings. The van der Waals surface area contributed by atoms with E-state index in [1.807, 2.05) is 24.3 Å². The first-order chi connectivity index (χ1) is 23.6. The molecule has 0 saturated heterocycles. The van der Waals surface area contributed by atoms with E-state index in [9.17, 15) is 39.0 Å². The smallest absolute Gasteiger partial charge is 0.326 e. The van der Waals surface area contributed by atoms with Gasteiger partial charge in [0.2, 0.25) is 29.5 Å². The third-order valence-electron chi connectivity index (χ3n) is 7.67. The number of carboxylic acid groups (broad SMARTS) is 1. The lowest BCUT2D eigenvalue weighted by Gasteiger charge is -2.25. The first kappa shape index (κ1) is 38.1. The number of amides is 5. The SMILES string of the molecule is NCCCC[C@H](NC(=O)[C@H](Cc1ccccc1)NC(=O)[C@H](CO)NC(=O)CN)C(=O)NCC(=O)N[C@@H](Cc1c[nH]c2ccccc12)C(=O)O. The van der Waals surface area contributed by atoms with E-state index in [1.165, 1.54) is 0 Å². The minimum Gasteiger partial charge on any atom is -0.480 e. The molecule has 3 rings (SSSR count). The zero-order valence-corrected chi connectivity index (χ0v) is 26.9. The lowest BCUT2D eigenvalue weighted by Crippen LogP contribution is -2.58. The van der Waals surface area contributed by atoms with Crippen molar-refractivity contribution in [3.63, 3.8) is 0 Å². The van der Waals surface area contributed by atoms with Gasteiger partial charge in [0, 0.05) is 29.9 Å². The summed E-state index contributed by atoms with van der Waals surface area (Å²) >= 11 is 0. The Bertz CT molecular complexity index is 1580. The number of unbranched alkanes of at least 4 members (excludes halogenated alkanes) is 1. The number of aliphatic hydroxyl groups excluding tert-OH is 1. The Kier molecular flexibility index (Phi) is 15.2. The highest BCUT2D eigenvalue weighted by molar-refractivity contribution is 5.95. The molecule has 0 spiro atoms. The number of carbonyl (C=O) groups excluding carboxylic acids is 5. The summed E-state index contributed by atoms with van der Waals surface area (Å²) in [6.07, 6.45) is 2.81. The van der Waals surface area contributed by atoms with Crippen LogP contribution in [0.2, 0.25) is 0 Å². The molecule has 0 saturated carbocycles. The molecule has 12 N–H and O–H groups in total. The van der Waals surface area contributed by atoms with E-state index in [2.05, 4.69) is 31.6 Å². The predicted octanol–water partition coefficient (Wildman–Crippen LogP) is -1.83. The van der Waals surface area contributed by atoms with Gasteiger partial charge in [0.1, 0.15) is 24.2 Å². The molecule has 0 radical (unpaired) electrons. The number of carboxylic acids is 1. The maximum atomic E-state index is 13.6. The van der Waals surface area contributed by atoms with Crippen LogP contribution in [0, 0.1) is 0 Å². The highest BCUT2D eigenvalue weighted by Crippen LogP contribution is 2.19. The van der Waals surface area contributed by atoms with Crippen LogP contribution in [0.25, 0.3) is 10.9 Å². The van der Waals surface area contributed by atoms with Crippen molar-refractivity contribution in [2.45, 2.75) is 56.3 Å². The van der Waals surface area contributed by atoms with Gasteiger partial charge in [-0.15, -0.1) is 0 Å². The molecule has 0 aliphatic heterocycles. The summed E-state index contributed by atoms with van der Waals surface area (Å²) in [6.45, 7) is -1.41. The van der Waals surface area contributed by atoms with Gasteiger partial charge in [-0.3, -0.25) is 24.0 Å². The number of hydrogen-bond acceptors (Lipinski definition) is 9. The number of aliphatic carboxylic acids is 1. The van der Waals surface area contributed by atoms with Gasteiger partial charge in [0.25, 0.3) is 0 Å². The number of nitrogens with one attached hydrogen (secondary N) is 6. The van der Waals surface area contributed by atoms with Gasteiger partial charge in [-0.1, -0.05) is 48.5 Å². The molecule has 16 nitrogen and oxygen atoms in total. The van der Waals surface area contributed by atoms with Crippen molar-refractivity contribution in [1.29, 1.82) is 0 Å². The van der Waals surface area contributed by atoms with Crippen LogP contribution in [0.15, 0.2) is 60.8 Å². The highest BCUT2D eigenvalue weighted by Gasteiger charge is 2.30. The fraction of sp³-hybridized carbons (Fsp3) is 0.394. The van der Waals surface area contributed by atoms with Crippen molar-refractivity contribution in [2.75, 3.05) is 26.2 Å². The summed E-state index contributed by atoms with van der Waals surface area (Å²) in [5.41, 5.74) is 13.1. The van der Waals surface area contributed by atoms with Gasteiger partial charge in [-0.25, -0.2) is 4.79 Å². The molecule has 0 aliphatic rings. The van der Waals surface area contributed by atoms with Crippen molar-refractivity contribution in [1.82, 2.24) is 31.6 Å². The Hall–Kier alpha value is -5.32. The summed E-state index contributed by atoms with van der Waals surface area (Å²) in [4.78, 5) is 79.4. The second-order valence-electron chi connectivity index (χ2n) is 11.3. The number of benzene rings is 2. The number of aromatic amines is 1. The molecule has 3 aromatic rings. The number of hydrogen-bond donors (Lipinski definition) is 10. The zero-order valence-electron chi connectivity index (χ0n) is 26.9. The van der Waals surface area contributed by atoms with E-state index in [4.69, 9.17) is 11.5 Å². The summed E-state index contributed by atoms with van der Waals surface area (Å²) in [5, 5.41) is 32.6. The average molecular weight is 681 g/mol. The van der Waals surface area contributed by atoms with Gasteiger partial charge in [-0.2, -0.15) is 0 Å². The molecule has 1 heterocycles. The van der Waals surface area contributed by atoms with E-state index in [0.717, 1.165) is 10.9 Å². The minimum atomic E-state index is -1.38. The number of carbonyl (C=O) groups is 6. The highest BCUT2D eigenvalue weighted by atomic mass is 16.4. The quantitative estimate of drug-likeness (QED) is 0.0597. The molecular formula is C33H44N8O8. The molecule has 0 unspecified atom stereocenters. The molecule has 0 bridgehead atoms. The molecule has 49 heavy (non-hydrogen) atoms. The maximum Gasteiger partial charge on any atom is 0.326 e. The number of aliphatic hydroxyl groups is 1. The Morgan fingerprint density at radius 2 is 1.37 bits per heavy atom. The van der Waals surface area contributed by atoms with Crippen LogP contribution in [0.5, 0.6) is 0 Å². The number of rotatable bonds is 20. The number of para-hydroxylation sites is 1. The van der Waals surface area contributed by atoms with Gasteiger partial charge in [0.15, 0.2) is 0 Å². The lowest BCUT2D eigenvalue weighted by atomic mass is 10.0. The Morgan fingerprint density at radius 1 is 0.714 bits per heavy atom. The van der Waals surface area contributed by atoms with Crippen LogP contribution in [0.4, 0.5) is 0 Å². The van der Waals surface area contributed by atoms with E-state index in [-0.39, 0.29) is 19.3 Å². The monoisotopic (exact) mass is 680 g/mol. The topological polar surface area (TPSA) is 271 Å². The van der Waals surface area contributed by atoms with Crippen molar-refractivity contribution in [2.24, 2.45) is 11.5 Å². The lowest BCUT2D eigenvalue weighted by molar-refractivity contribution is -0.141. The van der Waals surface area contributed by atoms with E-state index >= 15 is 0 Å². The van der Waals surface area contributed by atoms with Crippen LogP contribution < -0.4 is 38.1 Å². The first-order valence-corrected chi connectivity index (χ1v) is 15.9. The molecule has 1 aromatic heterocycles. The third kappa shape index (κ3) is 12.0. The molecule has 0 aliphatic carbocycles. The predicted molar refractivity (Wildman–Crippen MR) is 180 cm³/mol. The van der Waals surface area contributed by atoms with Crippen molar-refractivity contribution in [3.8, 4) is 0 Å². The second kappa shape index (κ2) is 19.5. The van der Waals surface area contributed by atoms with E-state index < -0.39 is 79.4 Å². The van der Waals surface area contributed by atoms with E-state index in [0.29, 0.717) is 30.5 Å². The minimum absolute atomic E-state index is 0.00162. The van der Waals surface area contributed by atoms with Gasteiger partial charge in [0.05, 0.1) is 19.7 Å². The van der Waals surface area contributed by atoms with Crippen LogP contribution >= 0.6 is 0 Å². The number of fused-ring (bicyclic) bond motifs is 1. The van der Waals surface area contributed by atoms with Crippen molar-refractivity contribution < 1.29 is 39.0 Å². The second-order valence-corrected chi connectivity index (χ2v) is 11.3. The standard InChI is InChI=1S/C33H44N8O8/c34-13-7-6-12-24(30(45)37-18-29(44)38-26(33(48)49)15-21-17-36-23-11-5-4-10-22(21)23)40-31(46)25(14-20-8-2-1-3-9-20)41-32(47)27(19-42)39-28(43)16-35/h1-5,8-11,17,24-27,36,42H,6-7,12-16,18-19,34-35H2,(H,37,45)(H,38,44)(H,39,43)(H,40,46)(H,41,47)(H,48,49)/t24-,25-,26-,27-/m0/s1. The summed E-state index contributed by atoms with van der Waals surface area (Å²) in [6, 6.07) is 11.0. The average Bonchev–Trinajstić information content (AvgIpc) is 3.51. The summed E-state index contributed by atoms with van der Waals surface area (Å²) < 4.78 is 0. The molecule has 5 amide bonds. The van der Waals surface area contributed by atoms with Crippen molar-refractivity contribution in [3.05, 3.63) is 71.9 Å². The molecule has 264 valence electrons. The van der Waals surface area contributed by atoms with Crippen molar-refractivity contribution >= 4 is 46.4 Å². The third-order valence-corrected chi connectivity index (χ3v) is 7.67. The Labute approximate surface area is 282 Å². The fourth-order valence-corrected chi connectivity index (χ4v) is 5.07. The summed E-state index contributed by atoms with van der Waals surface area (Å²) in [7, 11) is 0. The Morgan fingerprint density at radius 3 is 2.04 bits per heavy atom. The number of aromatic nitrogens is 1. The van der Waals surface area contributed by atoms with Crippen LogP contribution in [0.1, 0.15) is 30.4 Å². The van der Waals surface area contributed by atoms with Gasteiger partial charge < -0.3 is 53.2 Å². The first-order valence-electron chi connectivity index (χ1n) is 15.9. The molecule has 4 atom stereocenters. The van der Waals surface area contributed by atoms with Gasteiger partial charge in [-0.05, 0) is 43.0 Å². The number of H-pyrrole nitrogens is 1. The number of nitrogens with two attached hydrogens (primary N) is 2. The molecule has 2 aromatic carbocycles. The Balaban J connectivity index is 1.68.